The summed E-state index contributed by atoms with van der Waals surface area (Å²) in [5, 5.41) is 1.55. The zero-order chi connectivity index (χ0) is 19.6. The average molecular weight is 400 g/mol. The van der Waals surface area contributed by atoms with E-state index in [-0.39, 0.29) is 0 Å². The van der Waals surface area contributed by atoms with Crippen LogP contribution in [-0.4, -0.2) is 38.5 Å². The van der Waals surface area contributed by atoms with Crippen molar-refractivity contribution in [3.63, 3.8) is 0 Å². The average Bonchev–Trinajstić information content (AvgIpc) is 3.01. The van der Waals surface area contributed by atoms with E-state index in [4.69, 9.17) is 23.2 Å². The summed E-state index contributed by atoms with van der Waals surface area (Å²) >= 11 is 12.8. The molecule has 140 valence electrons. The molecule has 0 heterocycles. The van der Waals surface area contributed by atoms with Crippen molar-refractivity contribution in [3.8, 4) is 0 Å². The molecule has 2 aliphatic rings. The van der Waals surface area contributed by atoms with Crippen LogP contribution in [-0.2, 0) is 0 Å². The van der Waals surface area contributed by atoms with E-state index in [0.29, 0.717) is 0 Å². The second kappa shape index (κ2) is 8.33. The first kappa shape index (κ1) is 19.7. The second-order valence-electron chi connectivity index (χ2n) is 7.29. The zero-order valence-corrected chi connectivity index (χ0v) is 17.8. The highest BCUT2D eigenvalue weighted by atomic mass is 35.5. The molecule has 0 radical (unpaired) electrons. The van der Waals surface area contributed by atoms with Crippen LogP contribution in [0, 0.1) is 0 Å². The summed E-state index contributed by atoms with van der Waals surface area (Å²) in [6, 6.07) is 6.21. The Hall–Kier alpha value is -2.03. The van der Waals surface area contributed by atoms with Crippen molar-refractivity contribution in [2.45, 2.75) is 12.8 Å². The number of hydrogen-bond donors (Lipinski definition) is 0. The molecule has 4 heteroatoms. The van der Waals surface area contributed by atoms with Gasteiger partial charge in [-0.05, 0) is 59.4 Å². The lowest BCUT2D eigenvalue weighted by Gasteiger charge is -2.14. The topological polar surface area (TPSA) is 6.25 Å². The van der Waals surface area contributed by atoms with E-state index in [2.05, 4.69) is 42.5 Å². The van der Waals surface area contributed by atoms with E-state index in [1.54, 1.807) is 0 Å². The first-order valence-electron chi connectivity index (χ1n) is 9.03. The largest absolute Gasteiger partial charge is 0.376 e. The van der Waals surface area contributed by atoms with E-state index >= 15 is 0 Å². The summed E-state index contributed by atoms with van der Waals surface area (Å²) < 4.78 is 2.02. The lowest BCUT2D eigenvalue weighted by molar-refractivity contribution is -0.462. The Bertz CT molecular complexity index is 937. The maximum absolute atomic E-state index is 6.39. The smallest absolute Gasteiger partial charge is 0.218 e. The van der Waals surface area contributed by atoms with Gasteiger partial charge in [0.2, 0.25) is 5.71 Å². The maximum atomic E-state index is 6.39. The van der Waals surface area contributed by atoms with Crippen LogP contribution in [0.15, 0.2) is 70.3 Å². The fourth-order valence-corrected chi connectivity index (χ4v) is 3.99. The lowest BCUT2D eigenvalue weighted by Crippen LogP contribution is -2.13. The molecule has 0 N–H and O–H groups in total. The molecule has 3 rings (SSSR count). The third-order valence-corrected chi connectivity index (χ3v) is 5.29. The molecule has 0 aromatic heterocycles. The van der Waals surface area contributed by atoms with Gasteiger partial charge in [0.05, 0.1) is 10.7 Å². The van der Waals surface area contributed by atoms with E-state index < -0.39 is 0 Å². The van der Waals surface area contributed by atoms with Crippen LogP contribution < -0.4 is 4.90 Å². The molecule has 1 aromatic carbocycles. The first-order valence-corrected chi connectivity index (χ1v) is 9.79. The third kappa shape index (κ3) is 4.82. The Kier molecular flexibility index (Phi) is 6.08. The first-order chi connectivity index (χ1) is 12.8. The molecule has 27 heavy (non-hydrogen) atoms. The van der Waals surface area contributed by atoms with Crippen LogP contribution in [0.2, 0.25) is 5.02 Å². The van der Waals surface area contributed by atoms with Gasteiger partial charge >= 0.3 is 0 Å². The van der Waals surface area contributed by atoms with Crippen LogP contribution >= 0.6 is 23.2 Å². The molecule has 2 aliphatic carbocycles. The van der Waals surface area contributed by atoms with Gasteiger partial charge in [-0.15, -0.1) is 0 Å². The molecule has 0 atom stereocenters. The molecule has 0 saturated carbocycles. The third-order valence-electron chi connectivity index (χ3n) is 4.68. The predicted molar refractivity (Wildman–Crippen MR) is 119 cm³/mol. The van der Waals surface area contributed by atoms with E-state index in [1.165, 1.54) is 11.1 Å². The number of allylic oxidation sites excluding steroid dienone is 9. The SMILES string of the molecule is CN(C)c1ccc(/C=C2C=C(/C=C3/C=CC(=[N+](C)C)C(Cl)=C3)CC/2)cc1Cl. The van der Waals surface area contributed by atoms with Crippen molar-refractivity contribution in [3.05, 3.63) is 80.9 Å². The summed E-state index contributed by atoms with van der Waals surface area (Å²) in [6.07, 6.45) is 15.0. The predicted octanol–water partition coefficient (Wildman–Crippen LogP) is 5.84. The van der Waals surface area contributed by atoms with Gasteiger partial charge in [0.25, 0.3) is 0 Å². The van der Waals surface area contributed by atoms with Crippen molar-refractivity contribution >= 4 is 40.7 Å². The van der Waals surface area contributed by atoms with Crippen molar-refractivity contribution in [2.24, 2.45) is 0 Å². The number of benzene rings is 1. The Morgan fingerprint density at radius 2 is 1.78 bits per heavy atom. The molecular weight excluding hydrogens is 375 g/mol. The molecule has 0 aliphatic heterocycles. The fourth-order valence-electron chi connectivity index (χ4n) is 3.28. The van der Waals surface area contributed by atoms with Crippen molar-refractivity contribution in [1.82, 2.24) is 0 Å². The summed E-state index contributed by atoms with van der Waals surface area (Å²) in [5.41, 5.74) is 6.99. The van der Waals surface area contributed by atoms with Gasteiger partial charge in [0.1, 0.15) is 19.1 Å². The molecule has 0 bridgehead atoms. The molecule has 0 saturated heterocycles. The summed E-state index contributed by atoms with van der Waals surface area (Å²) in [6.45, 7) is 0. The Morgan fingerprint density at radius 3 is 2.41 bits per heavy atom. The minimum absolute atomic E-state index is 0.777. The van der Waals surface area contributed by atoms with Crippen LogP contribution in [0.4, 0.5) is 5.69 Å². The van der Waals surface area contributed by atoms with Gasteiger partial charge in [0, 0.05) is 20.2 Å². The summed E-state index contributed by atoms with van der Waals surface area (Å²) in [4.78, 5) is 2.02. The van der Waals surface area contributed by atoms with Crippen LogP contribution in [0.25, 0.3) is 6.08 Å². The van der Waals surface area contributed by atoms with Crippen molar-refractivity contribution in [1.29, 1.82) is 0 Å². The van der Waals surface area contributed by atoms with Gasteiger partial charge in [-0.1, -0.05) is 47.5 Å². The molecule has 2 nitrogen and oxygen atoms in total. The molecule has 1 aromatic rings. The van der Waals surface area contributed by atoms with E-state index in [1.807, 2.05) is 49.8 Å². The van der Waals surface area contributed by atoms with Crippen molar-refractivity contribution in [2.75, 3.05) is 33.1 Å². The van der Waals surface area contributed by atoms with Gasteiger partial charge in [-0.25, -0.2) is 4.58 Å². The standard InChI is InChI=1S/C23H25Cl2N2/c1-26(2)22-9-7-18(14-20(22)24)12-16-5-6-17(11-16)13-19-8-10-23(27(3)4)21(25)15-19/h7-15H,5-6H2,1-4H3/q+1. The van der Waals surface area contributed by atoms with Gasteiger partial charge in [-0.2, -0.15) is 0 Å². The highest BCUT2D eigenvalue weighted by Gasteiger charge is 2.15. The van der Waals surface area contributed by atoms with Crippen LogP contribution in [0.1, 0.15) is 18.4 Å². The highest BCUT2D eigenvalue weighted by molar-refractivity contribution is 6.45. The minimum Gasteiger partial charge on any atom is -0.376 e. The van der Waals surface area contributed by atoms with Gasteiger partial charge in [0.15, 0.2) is 0 Å². The van der Waals surface area contributed by atoms with E-state index in [0.717, 1.165) is 45.4 Å². The number of nitrogens with zero attached hydrogens (tertiary/aromatic N) is 2. The monoisotopic (exact) mass is 399 g/mol. The molecule has 0 unspecified atom stereocenters. The number of hydrogen-bond acceptors (Lipinski definition) is 1. The van der Waals surface area contributed by atoms with E-state index in [9.17, 15) is 0 Å². The second-order valence-corrected chi connectivity index (χ2v) is 8.11. The molecular formula is C23H25Cl2N2+. The Labute approximate surface area is 172 Å². The number of halogens is 2. The minimum atomic E-state index is 0.777. The van der Waals surface area contributed by atoms with Crippen LogP contribution in [0.5, 0.6) is 0 Å². The van der Waals surface area contributed by atoms with Gasteiger partial charge < -0.3 is 4.90 Å². The van der Waals surface area contributed by atoms with Crippen molar-refractivity contribution < 1.29 is 4.58 Å². The molecule has 0 amide bonds. The zero-order valence-electron chi connectivity index (χ0n) is 16.3. The molecule has 0 fully saturated rings. The quantitative estimate of drug-likeness (QED) is 0.578. The summed E-state index contributed by atoms with van der Waals surface area (Å²) in [5.74, 6) is 0. The lowest BCUT2D eigenvalue weighted by atomic mass is 10.0. The van der Waals surface area contributed by atoms with Gasteiger partial charge in [-0.3, -0.25) is 0 Å². The highest BCUT2D eigenvalue weighted by Crippen LogP contribution is 2.30. The normalized spacial score (nSPS) is 19.6. The number of anilines is 1. The molecule has 0 spiro atoms. The maximum Gasteiger partial charge on any atom is 0.218 e. The van der Waals surface area contributed by atoms with Crippen LogP contribution in [0.3, 0.4) is 0 Å². The fraction of sp³-hybridized carbons (Fsp3) is 0.261. The Morgan fingerprint density at radius 1 is 1.00 bits per heavy atom. The summed E-state index contributed by atoms with van der Waals surface area (Å²) in [7, 11) is 7.99. The Balaban J connectivity index is 1.79. The number of rotatable bonds is 3.